The van der Waals surface area contributed by atoms with Crippen LogP contribution in [0.15, 0.2) is 12.3 Å². The van der Waals surface area contributed by atoms with Crippen LogP contribution in [0.4, 0.5) is 5.69 Å². The number of hydrogen-bond donors (Lipinski definition) is 0. The number of aromatic nitrogens is 1. The van der Waals surface area contributed by atoms with Gasteiger partial charge in [-0.3, -0.25) is 10.1 Å². The summed E-state index contributed by atoms with van der Waals surface area (Å²) in [5, 5.41) is 10.3. The molecule has 6 heteroatoms. The third-order valence-electron chi connectivity index (χ3n) is 1.22. The van der Waals surface area contributed by atoms with Crippen LogP contribution < -0.4 is 4.74 Å². The van der Waals surface area contributed by atoms with E-state index < -0.39 is 4.92 Å². The number of ether oxygens (including phenoxy) is 1. The van der Waals surface area contributed by atoms with E-state index in [1.807, 2.05) is 0 Å². The maximum atomic E-state index is 10.3. The Morgan fingerprint density at radius 1 is 1.75 bits per heavy atom. The first-order valence-electron chi connectivity index (χ1n) is 2.99. The summed E-state index contributed by atoms with van der Waals surface area (Å²) >= 11 is 5.49. The molecule has 0 fully saturated rings. The van der Waals surface area contributed by atoms with Crippen LogP contribution in [0.3, 0.4) is 0 Å². The summed E-state index contributed by atoms with van der Waals surface area (Å²) in [7, 11) is 1.37. The lowest BCUT2D eigenvalue weighted by atomic mass is 10.4. The molecule has 0 atom stereocenters. The minimum Gasteiger partial charge on any atom is -0.481 e. The molecule has 0 saturated heterocycles. The lowest BCUT2D eigenvalue weighted by Gasteiger charge is -1.98. The fourth-order valence-electron chi connectivity index (χ4n) is 0.661. The highest BCUT2D eigenvalue weighted by atomic mass is 35.5. The largest absolute Gasteiger partial charge is 0.481 e. The predicted octanol–water partition coefficient (Wildman–Crippen LogP) is 1.65. The second-order valence-corrected chi connectivity index (χ2v) is 2.34. The van der Waals surface area contributed by atoms with Gasteiger partial charge in [-0.1, -0.05) is 11.6 Å². The zero-order chi connectivity index (χ0) is 9.14. The molecule has 0 bridgehead atoms. The molecule has 64 valence electrons. The SMILES string of the molecule is COc1cc([N+](=O)[O-])c(Cl)cn1. The molecule has 0 saturated carbocycles. The van der Waals surface area contributed by atoms with Gasteiger partial charge in [0.2, 0.25) is 5.88 Å². The Kier molecular flexibility index (Phi) is 2.44. The van der Waals surface area contributed by atoms with Gasteiger partial charge in [0.1, 0.15) is 5.02 Å². The molecule has 0 aliphatic heterocycles. The first kappa shape index (κ1) is 8.73. The van der Waals surface area contributed by atoms with Crippen molar-refractivity contribution in [2.75, 3.05) is 7.11 Å². The van der Waals surface area contributed by atoms with Crippen LogP contribution in [0.5, 0.6) is 5.88 Å². The van der Waals surface area contributed by atoms with Gasteiger partial charge in [-0.25, -0.2) is 4.98 Å². The highest BCUT2D eigenvalue weighted by Gasteiger charge is 2.13. The van der Waals surface area contributed by atoms with Gasteiger partial charge in [-0.2, -0.15) is 0 Å². The molecule has 0 N–H and O–H groups in total. The molecule has 1 heterocycles. The first-order chi connectivity index (χ1) is 5.65. The number of pyridine rings is 1. The molecule has 0 unspecified atom stereocenters. The summed E-state index contributed by atoms with van der Waals surface area (Å²) in [5.41, 5.74) is -0.205. The van der Waals surface area contributed by atoms with Crippen LogP contribution in [0.25, 0.3) is 0 Å². The Morgan fingerprint density at radius 2 is 2.42 bits per heavy atom. The van der Waals surface area contributed by atoms with Crippen molar-refractivity contribution in [1.29, 1.82) is 0 Å². The van der Waals surface area contributed by atoms with Gasteiger partial charge in [-0.05, 0) is 0 Å². The standard InChI is InChI=1S/C6H5ClN2O3/c1-12-6-2-5(9(10)11)4(7)3-8-6/h2-3H,1H3. The Labute approximate surface area is 73.1 Å². The summed E-state index contributed by atoms with van der Waals surface area (Å²) < 4.78 is 4.69. The van der Waals surface area contributed by atoms with Crippen molar-refractivity contribution in [3.63, 3.8) is 0 Å². The van der Waals surface area contributed by atoms with Crippen LogP contribution in [0, 0.1) is 10.1 Å². The Morgan fingerprint density at radius 3 is 2.92 bits per heavy atom. The van der Waals surface area contributed by atoms with Crippen molar-refractivity contribution >= 4 is 17.3 Å². The predicted molar refractivity (Wildman–Crippen MR) is 42.5 cm³/mol. The van der Waals surface area contributed by atoms with Gasteiger partial charge < -0.3 is 4.74 Å². The lowest BCUT2D eigenvalue weighted by molar-refractivity contribution is -0.384. The highest BCUT2D eigenvalue weighted by Crippen LogP contribution is 2.25. The van der Waals surface area contributed by atoms with Crippen LogP contribution >= 0.6 is 11.6 Å². The van der Waals surface area contributed by atoms with E-state index in [2.05, 4.69) is 9.72 Å². The van der Waals surface area contributed by atoms with Gasteiger partial charge in [-0.15, -0.1) is 0 Å². The van der Waals surface area contributed by atoms with E-state index in [1.165, 1.54) is 19.4 Å². The molecule has 12 heavy (non-hydrogen) atoms. The molecule has 0 amide bonds. The molecule has 1 rings (SSSR count). The number of hydrogen-bond acceptors (Lipinski definition) is 4. The average molecular weight is 189 g/mol. The van der Waals surface area contributed by atoms with Crippen molar-refractivity contribution in [2.45, 2.75) is 0 Å². The van der Waals surface area contributed by atoms with Gasteiger partial charge in [0.05, 0.1) is 24.3 Å². The van der Waals surface area contributed by atoms with Gasteiger partial charge in [0.25, 0.3) is 5.69 Å². The van der Waals surface area contributed by atoms with E-state index in [9.17, 15) is 10.1 Å². The number of methoxy groups -OCH3 is 1. The number of rotatable bonds is 2. The number of halogens is 1. The third-order valence-corrected chi connectivity index (χ3v) is 1.51. The van der Waals surface area contributed by atoms with Crippen molar-refractivity contribution in [2.24, 2.45) is 0 Å². The highest BCUT2D eigenvalue weighted by molar-refractivity contribution is 6.32. The third kappa shape index (κ3) is 1.62. The zero-order valence-electron chi connectivity index (χ0n) is 6.15. The van der Waals surface area contributed by atoms with E-state index in [0.717, 1.165) is 0 Å². The lowest BCUT2D eigenvalue weighted by Crippen LogP contribution is -1.93. The fourth-order valence-corrected chi connectivity index (χ4v) is 0.833. The maximum Gasteiger partial charge on any atom is 0.294 e. The summed E-state index contributed by atoms with van der Waals surface area (Å²) in [6, 6.07) is 1.17. The van der Waals surface area contributed by atoms with Gasteiger partial charge in [0, 0.05) is 0 Å². The number of nitro groups is 1. The minimum atomic E-state index is -0.591. The smallest absolute Gasteiger partial charge is 0.294 e. The van der Waals surface area contributed by atoms with Gasteiger partial charge >= 0.3 is 0 Å². The van der Waals surface area contributed by atoms with E-state index >= 15 is 0 Å². The molecule has 0 aliphatic carbocycles. The second kappa shape index (κ2) is 3.36. The Hall–Kier alpha value is -1.36. The van der Waals surface area contributed by atoms with Crippen LogP contribution in [-0.4, -0.2) is 17.0 Å². The van der Waals surface area contributed by atoms with Crippen LogP contribution in [0.1, 0.15) is 0 Å². The molecule has 1 aromatic rings. The monoisotopic (exact) mass is 188 g/mol. The summed E-state index contributed by atoms with van der Waals surface area (Å²) in [4.78, 5) is 13.4. The second-order valence-electron chi connectivity index (χ2n) is 1.94. The normalized spacial score (nSPS) is 9.50. The minimum absolute atomic E-state index is 0.000741. The quantitative estimate of drug-likeness (QED) is 0.523. The van der Waals surface area contributed by atoms with E-state index in [-0.39, 0.29) is 16.6 Å². The maximum absolute atomic E-state index is 10.3. The van der Waals surface area contributed by atoms with Crippen LogP contribution in [0.2, 0.25) is 5.02 Å². The molecular formula is C6H5ClN2O3. The number of nitrogens with zero attached hydrogens (tertiary/aromatic N) is 2. The molecular weight excluding hydrogens is 184 g/mol. The van der Waals surface area contributed by atoms with Crippen molar-refractivity contribution in [1.82, 2.24) is 4.98 Å². The van der Waals surface area contributed by atoms with Crippen molar-refractivity contribution in [3.8, 4) is 5.88 Å². The molecule has 0 aliphatic rings. The summed E-state index contributed by atoms with van der Waals surface area (Å²) in [6.07, 6.45) is 1.18. The first-order valence-corrected chi connectivity index (χ1v) is 3.37. The molecule has 0 radical (unpaired) electrons. The summed E-state index contributed by atoms with van der Waals surface area (Å²) in [6.45, 7) is 0. The molecule has 5 nitrogen and oxygen atoms in total. The summed E-state index contributed by atoms with van der Waals surface area (Å²) in [5.74, 6) is 0.172. The topological polar surface area (TPSA) is 65.3 Å². The van der Waals surface area contributed by atoms with E-state index in [1.54, 1.807) is 0 Å². The van der Waals surface area contributed by atoms with Crippen LogP contribution in [-0.2, 0) is 0 Å². The molecule has 0 spiro atoms. The van der Waals surface area contributed by atoms with E-state index in [4.69, 9.17) is 11.6 Å². The Bertz CT molecular complexity index is 316. The molecule has 0 aromatic carbocycles. The van der Waals surface area contributed by atoms with Gasteiger partial charge in [0.15, 0.2) is 0 Å². The van der Waals surface area contributed by atoms with Crippen molar-refractivity contribution < 1.29 is 9.66 Å². The molecule has 1 aromatic heterocycles. The average Bonchev–Trinajstić information content (AvgIpc) is 2.05. The zero-order valence-corrected chi connectivity index (χ0v) is 6.91. The van der Waals surface area contributed by atoms with E-state index in [0.29, 0.717) is 0 Å². The fraction of sp³-hybridized carbons (Fsp3) is 0.167. The van der Waals surface area contributed by atoms with Crippen molar-refractivity contribution in [3.05, 3.63) is 27.4 Å². The Balaban J connectivity index is 3.17.